The number of aromatic carboxylic acids is 1. The van der Waals surface area contributed by atoms with Gasteiger partial charge in [0, 0.05) is 74.6 Å². The zero-order chi connectivity index (χ0) is 22.2. The molecule has 0 aliphatic carbocycles. The monoisotopic (exact) mass is 459 g/mol. The van der Waals surface area contributed by atoms with Crippen molar-refractivity contribution in [1.82, 2.24) is 19.6 Å². The zero-order valence-electron chi connectivity index (χ0n) is 17.7. The molecule has 4 heterocycles. The van der Waals surface area contributed by atoms with Crippen molar-refractivity contribution in [3.05, 3.63) is 46.7 Å². The summed E-state index contributed by atoms with van der Waals surface area (Å²) in [6.07, 6.45) is 1.40. The predicted octanol–water partition coefficient (Wildman–Crippen LogP) is 2.10. The van der Waals surface area contributed by atoms with Crippen molar-refractivity contribution in [2.75, 3.05) is 57.4 Å². The van der Waals surface area contributed by atoms with Gasteiger partial charge in [-0.1, -0.05) is 17.7 Å². The predicted molar refractivity (Wildman–Crippen MR) is 118 cm³/mol. The third-order valence-corrected chi connectivity index (χ3v) is 6.90. The van der Waals surface area contributed by atoms with E-state index in [4.69, 9.17) is 21.4 Å². The molecule has 170 valence electrons. The van der Waals surface area contributed by atoms with E-state index in [0.717, 1.165) is 55.6 Å². The Morgan fingerprint density at radius 2 is 1.81 bits per heavy atom. The van der Waals surface area contributed by atoms with Crippen LogP contribution in [0, 0.1) is 11.8 Å². The largest absolute Gasteiger partial charge is 0.476 e. The number of halogens is 1. The first-order valence-corrected chi connectivity index (χ1v) is 11.3. The van der Waals surface area contributed by atoms with Crippen LogP contribution in [0.25, 0.3) is 0 Å². The number of anilines is 1. The number of carboxylic acid groups (broad SMARTS) is 1. The molecule has 0 radical (unpaired) electrons. The maximum Gasteiger partial charge on any atom is 0.356 e. The summed E-state index contributed by atoms with van der Waals surface area (Å²) in [6, 6.07) is 7.15. The fraction of sp³-hybridized carbons (Fsp3) is 0.500. The smallest absolute Gasteiger partial charge is 0.356 e. The Bertz CT molecular complexity index is 1010. The van der Waals surface area contributed by atoms with Crippen LogP contribution in [0.2, 0.25) is 5.02 Å². The van der Waals surface area contributed by atoms with Gasteiger partial charge in [0.25, 0.3) is 0 Å². The fourth-order valence-corrected chi connectivity index (χ4v) is 5.04. The molecule has 3 fully saturated rings. The Labute approximate surface area is 191 Å². The van der Waals surface area contributed by atoms with Gasteiger partial charge in [-0.2, -0.15) is 9.78 Å². The zero-order valence-corrected chi connectivity index (χ0v) is 18.4. The number of hydrogen-bond donors (Lipinski definition) is 1. The normalized spacial score (nSPS) is 23.5. The van der Waals surface area contributed by atoms with Crippen LogP contribution in [0.1, 0.15) is 16.1 Å². The van der Waals surface area contributed by atoms with Crippen molar-refractivity contribution in [2.24, 2.45) is 11.8 Å². The Morgan fingerprint density at radius 3 is 2.47 bits per heavy atom. The summed E-state index contributed by atoms with van der Waals surface area (Å²) < 4.78 is 6.72. The minimum Gasteiger partial charge on any atom is -0.476 e. The summed E-state index contributed by atoms with van der Waals surface area (Å²) in [6.45, 7) is 7.09. The first-order chi connectivity index (χ1) is 15.5. The highest BCUT2D eigenvalue weighted by Gasteiger charge is 2.38. The van der Waals surface area contributed by atoms with Gasteiger partial charge in [0.2, 0.25) is 0 Å². The van der Waals surface area contributed by atoms with Crippen molar-refractivity contribution < 1.29 is 19.4 Å². The maximum atomic E-state index is 12.6. The van der Waals surface area contributed by atoms with Crippen LogP contribution in [0.4, 0.5) is 10.5 Å². The molecule has 10 heteroatoms. The van der Waals surface area contributed by atoms with Crippen LogP contribution in [-0.4, -0.2) is 89.2 Å². The van der Waals surface area contributed by atoms with Crippen LogP contribution in [-0.2, 0) is 11.3 Å². The van der Waals surface area contributed by atoms with E-state index in [2.05, 4.69) is 27.0 Å². The van der Waals surface area contributed by atoms with E-state index in [9.17, 15) is 9.59 Å². The Balaban J connectivity index is 1.22. The van der Waals surface area contributed by atoms with Crippen LogP contribution < -0.4 is 4.90 Å². The summed E-state index contributed by atoms with van der Waals surface area (Å²) in [5.41, 5.74) is 2.31. The summed E-state index contributed by atoms with van der Waals surface area (Å²) in [4.78, 5) is 30.1. The van der Waals surface area contributed by atoms with Gasteiger partial charge in [-0.25, -0.2) is 9.59 Å². The average Bonchev–Trinajstić information content (AvgIpc) is 3.51. The lowest BCUT2D eigenvalue weighted by molar-refractivity contribution is 0.0689. The van der Waals surface area contributed by atoms with E-state index in [0.29, 0.717) is 24.9 Å². The number of hydrogen-bond acceptors (Lipinski definition) is 6. The minimum absolute atomic E-state index is 0.134. The van der Waals surface area contributed by atoms with Crippen LogP contribution in [0.5, 0.6) is 0 Å². The number of rotatable bonds is 4. The summed E-state index contributed by atoms with van der Waals surface area (Å²) in [5, 5.41) is 13.6. The molecule has 1 amide bonds. The van der Waals surface area contributed by atoms with Gasteiger partial charge in [-0.05, 0) is 23.8 Å². The molecule has 1 N–H and O–H groups in total. The number of fused-ring (bicyclic) bond motifs is 1. The molecule has 32 heavy (non-hydrogen) atoms. The van der Waals surface area contributed by atoms with E-state index in [1.807, 2.05) is 6.07 Å². The van der Waals surface area contributed by atoms with E-state index < -0.39 is 5.97 Å². The lowest BCUT2D eigenvalue weighted by Crippen LogP contribution is -2.49. The second kappa shape index (κ2) is 8.73. The van der Waals surface area contributed by atoms with Crippen molar-refractivity contribution in [2.45, 2.75) is 6.54 Å². The molecule has 0 saturated carbocycles. The topological polar surface area (TPSA) is 91.1 Å². The number of piperazine rings is 1. The molecular weight excluding hydrogens is 434 g/mol. The minimum atomic E-state index is -1.14. The lowest BCUT2D eigenvalue weighted by atomic mass is 10.0. The molecule has 2 atom stereocenters. The number of nitrogens with zero attached hydrogens (tertiary/aromatic N) is 5. The van der Waals surface area contributed by atoms with Crippen LogP contribution in [0.15, 0.2) is 30.5 Å². The van der Waals surface area contributed by atoms with E-state index in [1.165, 1.54) is 23.5 Å². The first kappa shape index (κ1) is 21.2. The van der Waals surface area contributed by atoms with Crippen molar-refractivity contribution in [3.63, 3.8) is 0 Å². The number of carboxylic acids is 1. The van der Waals surface area contributed by atoms with E-state index in [1.54, 1.807) is 4.90 Å². The summed E-state index contributed by atoms with van der Waals surface area (Å²) in [7, 11) is 0. The molecule has 5 rings (SSSR count). The Morgan fingerprint density at radius 1 is 1.09 bits per heavy atom. The van der Waals surface area contributed by atoms with Gasteiger partial charge in [0.15, 0.2) is 5.69 Å². The molecule has 3 saturated heterocycles. The number of carbonyl (C=O) groups excluding carboxylic acids is 1. The highest BCUT2D eigenvalue weighted by molar-refractivity contribution is 6.30. The van der Waals surface area contributed by atoms with Gasteiger partial charge in [-0.15, -0.1) is 0 Å². The van der Waals surface area contributed by atoms with Gasteiger partial charge >= 0.3 is 12.0 Å². The molecule has 0 spiro atoms. The molecule has 3 aliphatic rings. The number of ether oxygens (including phenoxy) is 1. The molecule has 1 aromatic carbocycles. The molecular formula is C22H26ClN5O4. The maximum absolute atomic E-state index is 12.6. The van der Waals surface area contributed by atoms with Gasteiger partial charge in [0.05, 0.1) is 13.2 Å². The fourth-order valence-electron chi connectivity index (χ4n) is 4.88. The van der Waals surface area contributed by atoms with Crippen molar-refractivity contribution in [1.29, 1.82) is 0 Å². The number of aromatic nitrogens is 2. The highest BCUT2D eigenvalue weighted by Crippen LogP contribution is 2.35. The number of carbonyl (C=O) groups is 2. The SMILES string of the molecule is O=C(O)c1ccn(C(=O)N2CCN(Cc3ccc(Cl)cc3N3CC4COCC4C3)CC2)n1. The molecule has 3 aliphatic heterocycles. The Kier molecular flexibility index (Phi) is 5.79. The highest BCUT2D eigenvalue weighted by atomic mass is 35.5. The first-order valence-electron chi connectivity index (χ1n) is 10.9. The Hall–Kier alpha value is -2.62. The van der Waals surface area contributed by atoms with E-state index in [-0.39, 0.29) is 11.7 Å². The van der Waals surface area contributed by atoms with Crippen molar-refractivity contribution >= 4 is 29.3 Å². The molecule has 2 unspecified atom stereocenters. The molecule has 1 aromatic heterocycles. The van der Waals surface area contributed by atoms with Crippen molar-refractivity contribution in [3.8, 4) is 0 Å². The third kappa shape index (κ3) is 4.20. The number of amides is 1. The average molecular weight is 460 g/mol. The lowest BCUT2D eigenvalue weighted by Gasteiger charge is -2.35. The summed E-state index contributed by atoms with van der Waals surface area (Å²) >= 11 is 6.34. The second-order valence-corrected chi connectivity index (χ2v) is 9.17. The van der Waals surface area contributed by atoms with Gasteiger partial charge in [-0.3, -0.25) is 4.90 Å². The van der Waals surface area contributed by atoms with Crippen LogP contribution >= 0.6 is 11.6 Å². The second-order valence-electron chi connectivity index (χ2n) is 8.73. The molecule has 0 bridgehead atoms. The van der Waals surface area contributed by atoms with Gasteiger partial charge in [0.1, 0.15) is 0 Å². The summed E-state index contributed by atoms with van der Waals surface area (Å²) in [5.74, 6) is 0.0509. The quantitative estimate of drug-likeness (QED) is 0.748. The van der Waals surface area contributed by atoms with Crippen LogP contribution in [0.3, 0.4) is 0 Å². The van der Waals surface area contributed by atoms with Gasteiger partial charge < -0.3 is 19.6 Å². The molecule has 9 nitrogen and oxygen atoms in total. The van der Waals surface area contributed by atoms with E-state index >= 15 is 0 Å². The molecule has 2 aromatic rings. The standard InChI is InChI=1S/C22H26ClN5O4/c23-18-2-1-15(20(9-18)27-11-16-13-32-14-17(16)12-27)10-25-5-7-26(8-6-25)22(31)28-4-3-19(24-28)21(29)30/h1-4,9,16-17H,5-8,10-14H2,(H,29,30). The third-order valence-electron chi connectivity index (χ3n) is 6.67. The number of benzene rings is 1.